The first-order valence-corrected chi connectivity index (χ1v) is 12.4. The summed E-state index contributed by atoms with van der Waals surface area (Å²) >= 11 is 0. The van der Waals surface area contributed by atoms with Crippen LogP contribution in [0.2, 0.25) is 0 Å². The fourth-order valence-electron chi connectivity index (χ4n) is 3.75. The van der Waals surface area contributed by atoms with E-state index in [0.717, 1.165) is 19.3 Å². The molecule has 2 aliphatic rings. The molecule has 0 spiro atoms. The van der Waals surface area contributed by atoms with E-state index < -0.39 is 34.2 Å². The molecule has 0 saturated carbocycles. The lowest BCUT2D eigenvalue weighted by molar-refractivity contribution is -0.158. The smallest absolute Gasteiger partial charge is 0.344 e. The van der Waals surface area contributed by atoms with Gasteiger partial charge in [-0.25, -0.2) is 18.0 Å². The van der Waals surface area contributed by atoms with Crippen LogP contribution in [0.3, 0.4) is 0 Å². The Labute approximate surface area is 189 Å². The van der Waals surface area contributed by atoms with E-state index >= 15 is 0 Å². The van der Waals surface area contributed by atoms with Gasteiger partial charge < -0.3 is 19.1 Å². The summed E-state index contributed by atoms with van der Waals surface area (Å²) in [6.07, 6.45) is 2.63. The number of ether oxygens (including phenoxy) is 3. The number of hydrogen-bond donors (Lipinski definition) is 0. The van der Waals surface area contributed by atoms with Gasteiger partial charge in [0.1, 0.15) is 5.60 Å². The Morgan fingerprint density at radius 1 is 1.03 bits per heavy atom. The van der Waals surface area contributed by atoms with Crippen molar-refractivity contribution in [1.82, 2.24) is 4.31 Å². The quantitative estimate of drug-likeness (QED) is 0.586. The molecule has 0 amide bonds. The minimum absolute atomic E-state index is 0.0422. The van der Waals surface area contributed by atoms with Crippen LogP contribution in [0.25, 0.3) is 0 Å². The second-order valence-electron chi connectivity index (χ2n) is 8.91. The molecule has 0 radical (unpaired) electrons. The van der Waals surface area contributed by atoms with E-state index in [-0.39, 0.29) is 10.5 Å². The molecule has 3 rings (SSSR count). The molecule has 2 fully saturated rings. The highest BCUT2D eigenvalue weighted by atomic mass is 32.2. The molecule has 0 unspecified atom stereocenters. The lowest BCUT2D eigenvalue weighted by atomic mass is 10.1. The summed E-state index contributed by atoms with van der Waals surface area (Å²) in [6, 6.07) is 4.51. The van der Waals surface area contributed by atoms with Gasteiger partial charge in [0.15, 0.2) is 6.61 Å². The molecule has 0 atom stereocenters. The molecule has 0 aromatic heterocycles. The van der Waals surface area contributed by atoms with Crippen molar-refractivity contribution in [2.24, 2.45) is 0 Å². The van der Waals surface area contributed by atoms with E-state index in [2.05, 4.69) is 0 Å². The number of anilines is 1. The van der Waals surface area contributed by atoms with Crippen molar-refractivity contribution in [3.05, 3.63) is 23.8 Å². The summed E-state index contributed by atoms with van der Waals surface area (Å²) in [5.41, 5.74) is -0.0427. The molecule has 0 aliphatic carbocycles. The van der Waals surface area contributed by atoms with Crippen LogP contribution >= 0.6 is 0 Å². The number of carbonyl (C=O) groups is 2. The molecule has 9 nitrogen and oxygen atoms in total. The molecule has 2 aliphatic heterocycles. The maximum atomic E-state index is 13.1. The van der Waals surface area contributed by atoms with Gasteiger partial charge in [-0.1, -0.05) is 6.42 Å². The highest BCUT2D eigenvalue weighted by Gasteiger charge is 2.29. The van der Waals surface area contributed by atoms with Gasteiger partial charge in [-0.3, -0.25) is 0 Å². The predicted molar refractivity (Wildman–Crippen MR) is 118 cm³/mol. The standard InChI is InChI=1S/C22H32N2O7S/c1-22(2,3)31-20(25)16-30-21(26)18-15-17(32(27,28)24-9-5-4-6-10-24)7-8-19(18)23-11-13-29-14-12-23/h7-8,15H,4-6,9-14,16H2,1-3H3. The zero-order valence-electron chi connectivity index (χ0n) is 19.0. The summed E-state index contributed by atoms with van der Waals surface area (Å²) in [6.45, 7) is 7.66. The van der Waals surface area contributed by atoms with Crippen LogP contribution in [0.5, 0.6) is 0 Å². The van der Waals surface area contributed by atoms with Crippen LogP contribution in [0.4, 0.5) is 5.69 Å². The Hall–Kier alpha value is -2.17. The summed E-state index contributed by atoms with van der Waals surface area (Å²) in [5, 5.41) is 0. The molecule has 178 valence electrons. The Morgan fingerprint density at radius 3 is 2.31 bits per heavy atom. The number of nitrogens with zero attached hydrogens (tertiary/aromatic N) is 2. The van der Waals surface area contributed by atoms with E-state index in [1.165, 1.54) is 16.4 Å². The molecule has 0 N–H and O–H groups in total. The number of esters is 2. The molecule has 2 saturated heterocycles. The predicted octanol–water partition coefficient (Wildman–Crippen LogP) is 2.20. The van der Waals surface area contributed by atoms with Crippen LogP contribution in [0.1, 0.15) is 50.4 Å². The largest absolute Gasteiger partial charge is 0.457 e. The molecule has 0 bridgehead atoms. The average Bonchev–Trinajstić information content (AvgIpc) is 2.77. The number of benzene rings is 1. The van der Waals surface area contributed by atoms with Gasteiger partial charge >= 0.3 is 11.9 Å². The van der Waals surface area contributed by atoms with Crippen LogP contribution in [-0.2, 0) is 29.0 Å². The first kappa shape index (κ1) is 24.5. The molecule has 2 heterocycles. The topological polar surface area (TPSA) is 102 Å². The van der Waals surface area contributed by atoms with Crippen molar-refractivity contribution < 1.29 is 32.2 Å². The molecular weight excluding hydrogens is 436 g/mol. The lowest BCUT2D eigenvalue weighted by Gasteiger charge is -2.31. The Bertz CT molecular complexity index is 928. The molecule has 1 aromatic rings. The van der Waals surface area contributed by atoms with Crippen molar-refractivity contribution in [2.45, 2.75) is 50.5 Å². The van der Waals surface area contributed by atoms with E-state index in [4.69, 9.17) is 14.2 Å². The lowest BCUT2D eigenvalue weighted by Crippen LogP contribution is -2.38. The van der Waals surface area contributed by atoms with E-state index in [1.54, 1.807) is 26.8 Å². The van der Waals surface area contributed by atoms with Gasteiger partial charge in [0.05, 0.1) is 29.4 Å². The Balaban J connectivity index is 1.87. The van der Waals surface area contributed by atoms with Gasteiger partial charge in [0.25, 0.3) is 0 Å². The fraction of sp³-hybridized carbons (Fsp3) is 0.636. The van der Waals surface area contributed by atoms with Gasteiger partial charge in [-0.05, 0) is 51.8 Å². The van der Waals surface area contributed by atoms with Gasteiger partial charge in [-0.15, -0.1) is 0 Å². The Morgan fingerprint density at radius 2 is 1.69 bits per heavy atom. The number of hydrogen-bond acceptors (Lipinski definition) is 8. The monoisotopic (exact) mass is 468 g/mol. The minimum atomic E-state index is -3.73. The summed E-state index contributed by atoms with van der Waals surface area (Å²) < 4.78 is 43.5. The SMILES string of the molecule is CC(C)(C)OC(=O)COC(=O)c1cc(S(=O)(=O)N2CCCCC2)ccc1N1CCOCC1. The van der Waals surface area contributed by atoms with E-state index in [1.807, 2.05) is 4.90 Å². The van der Waals surface area contributed by atoms with Crippen LogP contribution in [0, 0.1) is 0 Å². The van der Waals surface area contributed by atoms with Crippen molar-refractivity contribution in [3.63, 3.8) is 0 Å². The van der Waals surface area contributed by atoms with E-state index in [9.17, 15) is 18.0 Å². The average molecular weight is 469 g/mol. The maximum absolute atomic E-state index is 13.1. The van der Waals surface area contributed by atoms with Gasteiger partial charge in [0, 0.05) is 26.2 Å². The fourth-order valence-corrected chi connectivity index (χ4v) is 5.29. The highest BCUT2D eigenvalue weighted by Crippen LogP contribution is 2.28. The third-order valence-electron chi connectivity index (χ3n) is 5.23. The number of morpholine rings is 1. The third-order valence-corrected chi connectivity index (χ3v) is 7.13. The van der Waals surface area contributed by atoms with Crippen molar-refractivity contribution >= 4 is 27.6 Å². The molecule has 10 heteroatoms. The van der Waals surface area contributed by atoms with Gasteiger partial charge in [0.2, 0.25) is 10.0 Å². The number of sulfonamides is 1. The second-order valence-corrected chi connectivity index (χ2v) is 10.8. The van der Waals surface area contributed by atoms with Crippen LogP contribution in [-0.4, -0.2) is 76.3 Å². The zero-order chi connectivity index (χ0) is 23.4. The van der Waals surface area contributed by atoms with Gasteiger partial charge in [-0.2, -0.15) is 4.31 Å². The highest BCUT2D eigenvalue weighted by molar-refractivity contribution is 7.89. The second kappa shape index (κ2) is 10.2. The summed E-state index contributed by atoms with van der Waals surface area (Å²) in [7, 11) is -3.73. The van der Waals surface area contributed by atoms with E-state index in [0.29, 0.717) is 45.1 Å². The minimum Gasteiger partial charge on any atom is -0.457 e. The third kappa shape index (κ3) is 6.20. The first-order valence-electron chi connectivity index (χ1n) is 10.9. The maximum Gasteiger partial charge on any atom is 0.344 e. The number of carbonyl (C=O) groups excluding carboxylic acids is 2. The number of piperidine rings is 1. The zero-order valence-corrected chi connectivity index (χ0v) is 19.8. The van der Waals surface area contributed by atoms with Crippen LogP contribution in [0.15, 0.2) is 23.1 Å². The molecule has 32 heavy (non-hydrogen) atoms. The summed E-state index contributed by atoms with van der Waals surface area (Å²) in [4.78, 5) is 26.9. The van der Waals surface area contributed by atoms with Crippen molar-refractivity contribution in [3.8, 4) is 0 Å². The number of rotatable bonds is 6. The molecular formula is C22H32N2O7S. The summed E-state index contributed by atoms with van der Waals surface area (Å²) in [5.74, 6) is -1.44. The first-order chi connectivity index (χ1) is 15.1. The normalized spacial score (nSPS) is 18.3. The Kier molecular flexibility index (Phi) is 7.79. The molecule has 1 aromatic carbocycles. The van der Waals surface area contributed by atoms with Crippen LogP contribution < -0.4 is 4.90 Å². The van der Waals surface area contributed by atoms with Crippen molar-refractivity contribution in [2.75, 3.05) is 50.9 Å². The van der Waals surface area contributed by atoms with Crippen molar-refractivity contribution in [1.29, 1.82) is 0 Å².